The van der Waals surface area contributed by atoms with Gasteiger partial charge in [-0.2, -0.15) is 0 Å². The number of nitrogens with zero attached hydrogens (tertiary/aromatic N) is 4. The molecule has 0 bridgehead atoms. The Labute approximate surface area is 225 Å². The first-order chi connectivity index (χ1) is 17.7. The number of likely N-dealkylation sites (N-methyl/N-ethyl adjacent to an activating group) is 2. The van der Waals surface area contributed by atoms with Gasteiger partial charge in [0.2, 0.25) is 0 Å². The molecule has 3 aliphatic rings. The molecule has 7 rings (SSSR count). The quantitative estimate of drug-likeness (QED) is 0.123. The van der Waals surface area contributed by atoms with Gasteiger partial charge in [-0.25, -0.2) is 0 Å². The summed E-state index contributed by atoms with van der Waals surface area (Å²) in [5.41, 5.74) is 5.85. The van der Waals surface area contributed by atoms with E-state index in [0.717, 1.165) is 15.8 Å². The van der Waals surface area contributed by atoms with Crippen molar-refractivity contribution in [2.45, 2.75) is 19.3 Å². The van der Waals surface area contributed by atoms with Crippen LogP contribution in [0.25, 0.3) is 28.0 Å². The third-order valence-corrected chi connectivity index (χ3v) is 10.5. The van der Waals surface area contributed by atoms with Crippen molar-refractivity contribution in [1.29, 1.82) is 0 Å². The summed E-state index contributed by atoms with van der Waals surface area (Å²) in [6.45, 7) is 4.51. The Bertz CT molecular complexity index is 1740. The summed E-state index contributed by atoms with van der Waals surface area (Å²) in [5.74, 6) is 0.201. The summed E-state index contributed by atoms with van der Waals surface area (Å²) in [6.07, 6.45) is 3.62. The van der Waals surface area contributed by atoms with E-state index in [-0.39, 0.29) is 42.4 Å². The van der Waals surface area contributed by atoms with Crippen molar-refractivity contribution in [3.63, 3.8) is 0 Å². The second kappa shape index (κ2) is 7.48. The average molecular weight is 570 g/mol. The molecule has 6 nitrogen and oxygen atoms in total. The van der Waals surface area contributed by atoms with Crippen LogP contribution in [0.1, 0.15) is 29.4 Å². The standard InChI is InChI=1S/C29H22N4O2SSe/c1-29(2)20-11-10-15-7-5-8-17-18-9-6-12-30-24(18)33(23(20)22(15)17)27-21(29)14-16(37-27)13-19-25(34)31(3)28(36)32(4)26(19)35/h5-14H,1-4H3. The molecule has 2 amide bonds. The van der Waals surface area contributed by atoms with Crippen molar-refractivity contribution in [2.24, 2.45) is 0 Å². The van der Waals surface area contributed by atoms with E-state index in [1.54, 1.807) is 20.2 Å². The van der Waals surface area contributed by atoms with Crippen molar-refractivity contribution in [3.8, 4) is 11.1 Å². The summed E-state index contributed by atoms with van der Waals surface area (Å²) >= 11 is 5.11. The van der Waals surface area contributed by atoms with Gasteiger partial charge in [0.05, 0.1) is 0 Å². The fraction of sp³-hybridized carbons (Fsp3) is 0.172. The Kier molecular flexibility index (Phi) is 4.57. The molecule has 5 heterocycles. The molecule has 3 aliphatic heterocycles. The van der Waals surface area contributed by atoms with Crippen LogP contribution in [-0.2, 0) is 15.0 Å². The molecule has 0 spiro atoms. The second-order valence-electron chi connectivity index (χ2n) is 10.1. The van der Waals surface area contributed by atoms with Crippen LogP contribution in [0.15, 0.2) is 60.3 Å². The number of fused-ring (bicyclic) bond motifs is 5. The number of thiocarbonyl (C=S) groups is 1. The average Bonchev–Trinajstić information content (AvgIpc) is 3.34. The topological polar surface area (TPSA) is 56.8 Å². The maximum absolute atomic E-state index is 13.0. The number of anilines is 3. The number of amides is 2. The molecule has 0 aliphatic carbocycles. The van der Waals surface area contributed by atoms with Crippen LogP contribution in [0.4, 0.5) is 16.1 Å². The van der Waals surface area contributed by atoms with E-state index in [1.807, 2.05) is 12.3 Å². The van der Waals surface area contributed by atoms with E-state index >= 15 is 0 Å². The third-order valence-electron chi connectivity index (χ3n) is 7.74. The molecule has 0 N–H and O–H groups in total. The fourth-order valence-electron chi connectivity index (χ4n) is 5.76. The van der Waals surface area contributed by atoms with Gasteiger partial charge in [-0.1, -0.05) is 0 Å². The van der Waals surface area contributed by atoms with Gasteiger partial charge in [0.15, 0.2) is 0 Å². The number of carbonyl (C=O) groups is 2. The minimum atomic E-state index is -0.363. The zero-order chi connectivity index (χ0) is 25.8. The Morgan fingerprint density at radius 1 is 0.946 bits per heavy atom. The first-order valence-electron chi connectivity index (χ1n) is 12.0. The normalized spacial score (nSPS) is 17.4. The molecule has 2 aromatic carbocycles. The maximum atomic E-state index is 13.0. The molecule has 37 heavy (non-hydrogen) atoms. The molecule has 2 aromatic heterocycles. The van der Waals surface area contributed by atoms with Gasteiger partial charge in [0.1, 0.15) is 0 Å². The molecule has 1 saturated heterocycles. The molecule has 8 heteroatoms. The van der Waals surface area contributed by atoms with Gasteiger partial charge in [-0.15, -0.1) is 0 Å². The number of benzene rings is 2. The number of carbonyl (C=O) groups excluding carboxylic acids is 2. The molecular weight excluding hydrogens is 547 g/mol. The van der Waals surface area contributed by atoms with E-state index < -0.39 is 0 Å². The number of pyridine rings is 1. The van der Waals surface area contributed by atoms with Crippen molar-refractivity contribution < 1.29 is 9.59 Å². The van der Waals surface area contributed by atoms with E-state index in [2.05, 4.69) is 61.2 Å². The predicted octanol–water partition coefficient (Wildman–Crippen LogP) is 4.98. The third kappa shape index (κ3) is 2.86. The molecule has 4 aromatic rings. The minimum absolute atomic E-state index is 0.143. The summed E-state index contributed by atoms with van der Waals surface area (Å²) in [7, 11) is 3.22. The van der Waals surface area contributed by atoms with Crippen LogP contribution < -0.4 is 4.90 Å². The van der Waals surface area contributed by atoms with Crippen molar-refractivity contribution in [3.05, 3.63) is 75.9 Å². The van der Waals surface area contributed by atoms with Crippen molar-refractivity contribution >= 4 is 76.6 Å². The Morgan fingerprint density at radius 2 is 1.68 bits per heavy atom. The molecule has 0 unspecified atom stereocenters. The monoisotopic (exact) mass is 570 g/mol. The van der Waals surface area contributed by atoms with Gasteiger partial charge < -0.3 is 0 Å². The summed E-state index contributed by atoms with van der Waals surface area (Å²) in [6, 6.07) is 17.2. The molecule has 182 valence electrons. The SMILES string of the molecule is CN1C(=O)C(=Cc2cc3c([se]2)N2c4ncccc4-c4cccc5ccc(c2c45)C3(C)C)C(=O)N(C)C1=S. The van der Waals surface area contributed by atoms with Crippen LogP contribution in [0.2, 0.25) is 0 Å². The van der Waals surface area contributed by atoms with Gasteiger partial charge in [0.25, 0.3) is 0 Å². The first kappa shape index (κ1) is 22.6. The number of hydrogen-bond donors (Lipinski definition) is 0. The van der Waals surface area contributed by atoms with Crippen molar-refractivity contribution in [1.82, 2.24) is 14.8 Å². The van der Waals surface area contributed by atoms with Gasteiger partial charge in [0, 0.05) is 0 Å². The number of hydrogen-bond acceptors (Lipinski definition) is 5. The molecule has 0 radical (unpaired) electrons. The van der Waals surface area contributed by atoms with Crippen LogP contribution in [0, 0.1) is 0 Å². The fourth-order valence-corrected chi connectivity index (χ4v) is 8.59. The van der Waals surface area contributed by atoms with E-state index in [1.165, 1.54) is 47.5 Å². The summed E-state index contributed by atoms with van der Waals surface area (Å²) in [4.78, 5) is 35.9. The van der Waals surface area contributed by atoms with Gasteiger partial charge >= 0.3 is 226 Å². The van der Waals surface area contributed by atoms with E-state index in [9.17, 15) is 9.59 Å². The second-order valence-corrected chi connectivity index (χ2v) is 12.7. The Morgan fingerprint density at radius 3 is 2.43 bits per heavy atom. The van der Waals surface area contributed by atoms with Crippen LogP contribution >= 0.6 is 12.2 Å². The van der Waals surface area contributed by atoms with Crippen LogP contribution in [-0.4, -0.2) is 60.3 Å². The van der Waals surface area contributed by atoms with Gasteiger partial charge in [-0.3, -0.25) is 0 Å². The molecule has 1 fully saturated rings. The molecule has 0 atom stereocenters. The zero-order valence-electron chi connectivity index (χ0n) is 20.7. The van der Waals surface area contributed by atoms with Crippen LogP contribution in [0.3, 0.4) is 0 Å². The van der Waals surface area contributed by atoms with Gasteiger partial charge in [-0.05, 0) is 0 Å². The zero-order valence-corrected chi connectivity index (χ0v) is 23.2. The van der Waals surface area contributed by atoms with Crippen LogP contribution in [0.5, 0.6) is 0 Å². The van der Waals surface area contributed by atoms with E-state index in [0.29, 0.717) is 0 Å². The number of aromatic nitrogens is 1. The van der Waals surface area contributed by atoms with Crippen molar-refractivity contribution in [2.75, 3.05) is 19.0 Å². The molecule has 0 saturated carbocycles. The Hall–Kier alpha value is -3.58. The summed E-state index contributed by atoms with van der Waals surface area (Å²) in [5, 5.41) is 2.67. The summed E-state index contributed by atoms with van der Waals surface area (Å²) < 4.78 is 2.18. The Balaban J connectivity index is 1.49. The van der Waals surface area contributed by atoms with E-state index in [4.69, 9.17) is 17.2 Å². The first-order valence-corrected chi connectivity index (χ1v) is 14.1. The number of rotatable bonds is 1. The predicted molar refractivity (Wildman–Crippen MR) is 151 cm³/mol. The molecular formula is C29H22N4O2SSe.